The minimum absolute atomic E-state index is 0.505. The van der Waals surface area contributed by atoms with Crippen LogP contribution >= 0.6 is 11.3 Å². The topological polar surface area (TPSA) is 44.0 Å². The Morgan fingerprint density at radius 3 is 3.33 bits per heavy atom. The largest absolute Gasteiger partial charge is 0.347 e. The summed E-state index contributed by atoms with van der Waals surface area (Å²) in [5.41, 5.74) is 2.47. The number of aromatic nitrogens is 2. The number of thiophene rings is 1. The third-order valence-corrected chi connectivity index (χ3v) is 4.21. The molecular weight excluding hydrogens is 244 g/mol. The van der Waals surface area contributed by atoms with Gasteiger partial charge in [-0.3, -0.25) is 4.90 Å². The van der Waals surface area contributed by atoms with Gasteiger partial charge in [0.25, 0.3) is 0 Å². The van der Waals surface area contributed by atoms with Gasteiger partial charge in [-0.05, 0) is 18.5 Å². The maximum Gasteiger partial charge on any atom is 0.0925 e. The number of H-pyrrole nitrogens is 1. The molecule has 0 radical (unpaired) electrons. The van der Waals surface area contributed by atoms with Crippen LogP contribution in [-0.2, 0) is 19.5 Å². The van der Waals surface area contributed by atoms with Gasteiger partial charge < -0.3 is 10.3 Å². The zero-order chi connectivity index (χ0) is 12.4. The Balaban J connectivity index is 1.54. The van der Waals surface area contributed by atoms with Crippen molar-refractivity contribution in [1.82, 2.24) is 20.2 Å². The molecule has 0 fully saturated rings. The average molecular weight is 262 g/mol. The van der Waals surface area contributed by atoms with Gasteiger partial charge in [0.2, 0.25) is 0 Å². The van der Waals surface area contributed by atoms with Crippen molar-refractivity contribution in [3.8, 4) is 0 Å². The molecule has 1 atom stereocenters. The molecule has 2 N–H and O–H groups in total. The van der Waals surface area contributed by atoms with E-state index in [1.54, 1.807) is 6.33 Å². The lowest BCUT2D eigenvalue weighted by atomic mass is 10.1. The van der Waals surface area contributed by atoms with Gasteiger partial charge in [-0.1, -0.05) is 6.07 Å². The highest BCUT2D eigenvalue weighted by molar-refractivity contribution is 7.09. The lowest BCUT2D eigenvalue weighted by molar-refractivity contribution is 0.274. The number of aromatic amines is 1. The number of nitrogens with one attached hydrogen (secondary N) is 2. The van der Waals surface area contributed by atoms with Crippen molar-refractivity contribution in [2.45, 2.75) is 25.6 Å². The summed E-state index contributed by atoms with van der Waals surface area (Å²) in [4.78, 5) is 11.4. The van der Waals surface area contributed by atoms with Crippen molar-refractivity contribution in [2.75, 3.05) is 13.6 Å². The second kappa shape index (κ2) is 5.22. The van der Waals surface area contributed by atoms with E-state index < -0.39 is 0 Å². The fraction of sp³-hybridized carbons (Fsp3) is 0.462. The molecule has 4 nitrogen and oxygen atoms in total. The van der Waals surface area contributed by atoms with E-state index in [0.717, 1.165) is 26.1 Å². The lowest BCUT2D eigenvalue weighted by Crippen LogP contribution is -2.43. The van der Waals surface area contributed by atoms with Crippen LogP contribution in [0.2, 0.25) is 0 Å². The van der Waals surface area contributed by atoms with E-state index in [-0.39, 0.29) is 0 Å². The van der Waals surface area contributed by atoms with Gasteiger partial charge in [0.1, 0.15) is 0 Å². The Bertz CT molecular complexity index is 491. The smallest absolute Gasteiger partial charge is 0.0925 e. The van der Waals surface area contributed by atoms with Crippen LogP contribution in [-0.4, -0.2) is 34.5 Å². The molecule has 0 saturated heterocycles. The number of nitrogens with zero attached hydrogens (tertiary/aromatic N) is 2. The molecule has 96 valence electrons. The maximum absolute atomic E-state index is 4.38. The zero-order valence-electron chi connectivity index (χ0n) is 10.5. The van der Waals surface area contributed by atoms with E-state index in [1.807, 2.05) is 11.3 Å². The summed E-state index contributed by atoms with van der Waals surface area (Å²) in [6.45, 7) is 3.00. The highest BCUT2D eigenvalue weighted by atomic mass is 32.1. The van der Waals surface area contributed by atoms with Gasteiger partial charge >= 0.3 is 0 Å². The predicted molar refractivity (Wildman–Crippen MR) is 73.6 cm³/mol. The van der Waals surface area contributed by atoms with Crippen LogP contribution in [0.1, 0.15) is 16.3 Å². The van der Waals surface area contributed by atoms with Crippen LogP contribution in [0.4, 0.5) is 0 Å². The first-order valence-electron chi connectivity index (χ1n) is 6.26. The van der Waals surface area contributed by atoms with Crippen molar-refractivity contribution in [3.05, 3.63) is 40.1 Å². The minimum Gasteiger partial charge on any atom is -0.347 e. The fourth-order valence-electron chi connectivity index (χ4n) is 2.47. The standard InChI is InChI=1S/C13H18N4S/c1-17(8-11-3-2-4-18-11)7-10-5-12-13(6-14-10)16-9-15-12/h2-4,9-10,14H,5-8H2,1H3,(H,15,16). The minimum atomic E-state index is 0.505. The molecule has 1 aliphatic heterocycles. The van der Waals surface area contributed by atoms with Crippen molar-refractivity contribution in [2.24, 2.45) is 0 Å². The Morgan fingerprint density at radius 2 is 2.50 bits per heavy atom. The highest BCUT2D eigenvalue weighted by Gasteiger charge is 2.20. The molecule has 2 aromatic rings. The summed E-state index contributed by atoms with van der Waals surface area (Å²) in [6.07, 6.45) is 2.82. The van der Waals surface area contributed by atoms with Crippen LogP contribution in [0.5, 0.6) is 0 Å². The second-order valence-corrected chi connectivity index (χ2v) is 5.92. The van der Waals surface area contributed by atoms with Gasteiger partial charge in [-0.2, -0.15) is 0 Å². The van der Waals surface area contributed by atoms with E-state index in [0.29, 0.717) is 6.04 Å². The summed E-state index contributed by atoms with van der Waals surface area (Å²) < 4.78 is 0. The normalized spacial score (nSPS) is 19.1. The molecule has 1 unspecified atom stereocenters. The fourth-order valence-corrected chi connectivity index (χ4v) is 3.25. The van der Waals surface area contributed by atoms with Crippen LogP contribution in [0.3, 0.4) is 0 Å². The molecule has 18 heavy (non-hydrogen) atoms. The summed E-state index contributed by atoms with van der Waals surface area (Å²) in [5, 5.41) is 5.70. The van der Waals surface area contributed by atoms with Crippen molar-refractivity contribution in [1.29, 1.82) is 0 Å². The van der Waals surface area contributed by atoms with Crippen LogP contribution in [0, 0.1) is 0 Å². The van der Waals surface area contributed by atoms with Gasteiger partial charge in [0, 0.05) is 37.0 Å². The molecule has 0 amide bonds. The van der Waals surface area contributed by atoms with E-state index >= 15 is 0 Å². The number of likely N-dealkylation sites (N-methyl/N-ethyl adjacent to an activating group) is 1. The summed E-state index contributed by atoms with van der Waals surface area (Å²) >= 11 is 1.82. The summed E-state index contributed by atoms with van der Waals surface area (Å²) in [6, 6.07) is 4.81. The Labute approximate surface area is 111 Å². The zero-order valence-corrected chi connectivity index (χ0v) is 11.3. The third kappa shape index (κ3) is 2.63. The first-order chi connectivity index (χ1) is 8.81. The molecule has 3 heterocycles. The predicted octanol–water partition coefficient (Wildman–Crippen LogP) is 1.62. The van der Waals surface area contributed by atoms with Crippen molar-refractivity contribution in [3.63, 3.8) is 0 Å². The van der Waals surface area contributed by atoms with Crippen LogP contribution < -0.4 is 5.32 Å². The monoisotopic (exact) mass is 262 g/mol. The molecule has 0 aromatic carbocycles. The SMILES string of the molecule is CN(Cc1cccs1)CC1Cc2nc[nH]c2CN1. The lowest BCUT2D eigenvalue weighted by Gasteiger charge is -2.27. The van der Waals surface area contributed by atoms with Gasteiger partial charge in [0.05, 0.1) is 17.7 Å². The van der Waals surface area contributed by atoms with Crippen LogP contribution in [0.15, 0.2) is 23.8 Å². The Hall–Kier alpha value is -1.17. The number of fused-ring (bicyclic) bond motifs is 1. The van der Waals surface area contributed by atoms with Crippen LogP contribution in [0.25, 0.3) is 0 Å². The van der Waals surface area contributed by atoms with Gasteiger partial charge in [0.15, 0.2) is 0 Å². The maximum atomic E-state index is 4.38. The first kappa shape index (κ1) is 11.9. The first-order valence-corrected chi connectivity index (χ1v) is 7.14. The molecule has 5 heteroatoms. The van der Waals surface area contributed by atoms with E-state index in [9.17, 15) is 0 Å². The van der Waals surface area contributed by atoms with E-state index in [1.165, 1.54) is 16.3 Å². The highest BCUT2D eigenvalue weighted by Crippen LogP contribution is 2.15. The van der Waals surface area contributed by atoms with Gasteiger partial charge in [-0.25, -0.2) is 4.98 Å². The molecule has 3 rings (SSSR count). The van der Waals surface area contributed by atoms with Gasteiger partial charge in [-0.15, -0.1) is 11.3 Å². The van der Waals surface area contributed by atoms with Crippen molar-refractivity contribution < 1.29 is 0 Å². The molecule has 0 bridgehead atoms. The van der Waals surface area contributed by atoms with E-state index in [2.05, 4.69) is 44.7 Å². The summed E-state index contributed by atoms with van der Waals surface area (Å²) in [5.74, 6) is 0. The second-order valence-electron chi connectivity index (χ2n) is 4.89. The Kier molecular flexibility index (Phi) is 3.45. The number of hydrogen-bond acceptors (Lipinski definition) is 4. The molecule has 1 aliphatic rings. The van der Waals surface area contributed by atoms with E-state index in [4.69, 9.17) is 0 Å². The number of imidazole rings is 1. The third-order valence-electron chi connectivity index (χ3n) is 3.35. The molecule has 0 aliphatic carbocycles. The molecule has 0 spiro atoms. The Morgan fingerprint density at radius 1 is 1.56 bits per heavy atom. The number of hydrogen-bond donors (Lipinski definition) is 2. The molecular formula is C13H18N4S. The summed E-state index contributed by atoms with van der Waals surface area (Å²) in [7, 11) is 2.18. The molecule has 0 saturated carbocycles. The van der Waals surface area contributed by atoms with Crippen molar-refractivity contribution >= 4 is 11.3 Å². The number of rotatable bonds is 4. The molecule has 2 aromatic heterocycles. The average Bonchev–Trinajstić information content (AvgIpc) is 2.98. The quantitative estimate of drug-likeness (QED) is 0.880.